The highest BCUT2D eigenvalue weighted by Gasteiger charge is 2.31. The van der Waals surface area contributed by atoms with Crippen LogP contribution in [0.4, 0.5) is 18.9 Å². The number of unbranched alkanes of at least 4 members (excludes halogenated alkanes) is 3. The van der Waals surface area contributed by atoms with Crippen molar-refractivity contribution in [1.29, 1.82) is 0 Å². The van der Waals surface area contributed by atoms with E-state index in [1.165, 1.54) is 24.6 Å². The Morgan fingerprint density at radius 1 is 1.17 bits per heavy atom. The third kappa shape index (κ3) is 6.37. The molecule has 0 heterocycles. The van der Waals surface area contributed by atoms with Gasteiger partial charge in [-0.15, -0.1) is 13.2 Å². The zero-order valence-corrected chi connectivity index (χ0v) is 10.4. The molecular formula is C13H18F3NO. The molecule has 0 saturated carbocycles. The standard InChI is InChI=1S/C13H18F3NO/c1-2-3-4-5-9-17-11-7-6-8-12(10-11)18-13(14,15)16/h6-8,10,17H,2-5,9H2,1H3. The molecule has 5 heteroatoms. The van der Waals surface area contributed by atoms with Gasteiger partial charge in [-0.2, -0.15) is 0 Å². The number of alkyl halides is 3. The van der Waals surface area contributed by atoms with E-state index in [0.29, 0.717) is 5.69 Å². The zero-order chi connectivity index (χ0) is 13.4. The molecule has 0 spiro atoms. The minimum absolute atomic E-state index is 0.193. The molecule has 0 saturated heterocycles. The largest absolute Gasteiger partial charge is 0.573 e. The van der Waals surface area contributed by atoms with Crippen molar-refractivity contribution in [3.05, 3.63) is 24.3 Å². The Morgan fingerprint density at radius 2 is 1.94 bits per heavy atom. The van der Waals surface area contributed by atoms with Gasteiger partial charge in [0.2, 0.25) is 0 Å². The van der Waals surface area contributed by atoms with Crippen molar-refractivity contribution >= 4 is 5.69 Å². The van der Waals surface area contributed by atoms with E-state index in [1.807, 2.05) is 0 Å². The molecule has 0 atom stereocenters. The molecule has 102 valence electrons. The number of halogens is 3. The minimum Gasteiger partial charge on any atom is -0.406 e. The van der Waals surface area contributed by atoms with E-state index in [2.05, 4.69) is 17.0 Å². The van der Waals surface area contributed by atoms with Crippen LogP contribution in [0, 0.1) is 0 Å². The highest BCUT2D eigenvalue weighted by atomic mass is 19.4. The first-order valence-electron chi connectivity index (χ1n) is 6.11. The van der Waals surface area contributed by atoms with Gasteiger partial charge >= 0.3 is 6.36 Å². The summed E-state index contributed by atoms with van der Waals surface area (Å²) in [6, 6.07) is 5.90. The highest BCUT2D eigenvalue weighted by Crippen LogP contribution is 2.24. The lowest BCUT2D eigenvalue weighted by molar-refractivity contribution is -0.274. The van der Waals surface area contributed by atoms with Gasteiger partial charge in [0.1, 0.15) is 5.75 Å². The molecule has 1 aromatic carbocycles. The molecule has 0 fully saturated rings. The van der Waals surface area contributed by atoms with Gasteiger partial charge in [0.15, 0.2) is 0 Å². The fourth-order valence-electron chi connectivity index (χ4n) is 1.59. The van der Waals surface area contributed by atoms with Gasteiger partial charge in [0, 0.05) is 18.3 Å². The van der Waals surface area contributed by atoms with Gasteiger partial charge in [-0.25, -0.2) is 0 Å². The van der Waals surface area contributed by atoms with Crippen LogP contribution in [0.25, 0.3) is 0 Å². The normalized spacial score (nSPS) is 11.3. The molecule has 1 aromatic rings. The van der Waals surface area contributed by atoms with Crippen molar-refractivity contribution in [2.75, 3.05) is 11.9 Å². The quantitative estimate of drug-likeness (QED) is 0.725. The second-order valence-corrected chi connectivity index (χ2v) is 4.06. The molecule has 0 bridgehead atoms. The van der Waals surface area contributed by atoms with Gasteiger partial charge < -0.3 is 10.1 Å². The molecule has 0 aliphatic rings. The molecule has 0 unspecified atom stereocenters. The third-order valence-electron chi connectivity index (χ3n) is 2.43. The molecule has 0 aliphatic carbocycles. The summed E-state index contributed by atoms with van der Waals surface area (Å²) in [7, 11) is 0. The van der Waals surface area contributed by atoms with Crippen LogP contribution < -0.4 is 10.1 Å². The maximum atomic E-state index is 12.0. The summed E-state index contributed by atoms with van der Waals surface area (Å²) in [6.45, 7) is 2.89. The van der Waals surface area contributed by atoms with Crippen LogP contribution in [0.3, 0.4) is 0 Å². The molecule has 0 aliphatic heterocycles. The zero-order valence-electron chi connectivity index (χ0n) is 10.4. The molecule has 1 rings (SSSR count). The molecular weight excluding hydrogens is 243 g/mol. The predicted molar refractivity (Wildman–Crippen MR) is 65.8 cm³/mol. The summed E-state index contributed by atoms with van der Waals surface area (Å²) in [5, 5.41) is 3.08. The average Bonchev–Trinajstić information content (AvgIpc) is 2.27. The maximum absolute atomic E-state index is 12.0. The Morgan fingerprint density at radius 3 is 2.61 bits per heavy atom. The number of ether oxygens (including phenoxy) is 1. The third-order valence-corrected chi connectivity index (χ3v) is 2.43. The molecule has 0 aromatic heterocycles. The minimum atomic E-state index is -4.64. The number of hydrogen-bond donors (Lipinski definition) is 1. The lowest BCUT2D eigenvalue weighted by Gasteiger charge is -2.11. The monoisotopic (exact) mass is 261 g/mol. The van der Waals surface area contributed by atoms with Crippen LogP contribution in [-0.2, 0) is 0 Å². The van der Waals surface area contributed by atoms with Gasteiger partial charge in [-0.3, -0.25) is 0 Å². The second kappa shape index (κ2) is 7.13. The molecule has 0 amide bonds. The van der Waals surface area contributed by atoms with Gasteiger partial charge in [0.05, 0.1) is 0 Å². The van der Waals surface area contributed by atoms with Crippen LogP contribution in [0.15, 0.2) is 24.3 Å². The van der Waals surface area contributed by atoms with E-state index in [4.69, 9.17) is 0 Å². The summed E-state index contributed by atoms with van der Waals surface area (Å²) in [5.74, 6) is -0.193. The van der Waals surface area contributed by atoms with Crippen molar-refractivity contribution < 1.29 is 17.9 Å². The van der Waals surface area contributed by atoms with Crippen LogP contribution in [0.5, 0.6) is 5.75 Å². The lowest BCUT2D eigenvalue weighted by atomic mass is 10.2. The number of anilines is 1. The number of rotatable bonds is 7. The molecule has 1 N–H and O–H groups in total. The Kier molecular flexibility index (Phi) is 5.82. The van der Waals surface area contributed by atoms with Crippen LogP contribution in [0.2, 0.25) is 0 Å². The second-order valence-electron chi connectivity index (χ2n) is 4.06. The Hall–Kier alpha value is -1.39. The number of nitrogens with one attached hydrogen (secondary N) is 1. The summed E-state index contributed by atoms with van der Waals surface area (Å²) in [4.78, 5) is 0. The Bertz CT molecular complexity index is 352. The van der Waals surface area contributed by atoms with Crippen molar-refractivity contribution in [2.24, 2.45) is 0 Å². The highest BCUT2D eigenvalue weighted by molar-refractivity contribution is 5.48. The topological polar surface area (TPSA) is 21.3 Å². The smallest absolute Gasteiger partial charge is 0.406 e. The maximum Gasteiger partial charge on any atom is 0.573 e. The van der Waals surface area contributed by atoms with E-state index in [9.17, 15) is 13.2 Å². The fraction of sp³-hybridized carbons (Fsp3) is 0.538. The molecule has 18 heavy (non-hydrogen) atoms. The SMILES string of the molecule is CCCCCCNc1cccc(OC(F)(F)F)c1. The Balaban J connectivity index is 2.40. The Labute approximate surface area is 105 Å². The van der Waals surface area contributed by atoms with Crippen LogP contribution in [-0.4, -0.2) is 12.9 Å². The fourth-order valence-corrected chi connectivity index (χ4v) is 1.59. The van der Waals surface area contributed by atoms with Crippen molar-refractivity contribution in [1.82, 2.24) is 0 Å². The van der Waals surface area contributed by atoms with Crippen LogP contribution >= 0.6 is 0 Å². The number of hydrogen-bond acceptors (Lipinski definition) is 2. The average molecular weight is 261 g/mol. The van der Waals surface area contributed by atoms with Crippen molar-refractivity contribution in [2.45, 2.75) is 39.0 Å². The van der Waals surface area contributed by atoms with Crippen molar-refractivity contribution in [3.8, 4) is 5.75 Å². The lowest BCUT2D eigenvalue weighted by Crippen LogP contribution is -2.17. The predicted octanol–water partition coefficient (Wildman–Crippen LogP) is 4.58. The van der Waals surface area contributed by atoms with Crippen molar-refractivity contribution in [3.63, 3.8) is 0 Å². The van der Waals surface area contributed by atoms with Crippen LogP contribution in [0.1, 0.15) is 32.6 Å². The summed E-state index contributed by atoms with van der Waals surface area (Å²) in [5.41, 5.74) is 0.647. The van der Waals surface area contributed by atoms with Gasteiger partial charge in [-0.1, -0.05) is 32.3 Å². The molecule has 0 radical (unpaired) electrons. The molecule has 2 nitrogen and oxygen atoms in total. The van der Waals surface area contributed by atoms with E-state index in [0.717, 1.165) is 25.8 Å². The summed E-state index contributed by atoms with van der Waals surface area (Å²) in [6.07, 6.45) is -0.159. The van der Waals surface area contributed by atoms with E-state index in [1.54, 1.807) is 6.07 Å². The number of benzene rings is 1. The van der Waals surface area contributed by atoms with E-state index < -0.39 is 6.36 Å². The first kappa shape index (κ1) is 14.7. The summed E-state index contributed by atoms with van der Waals surface area (Å²) < 4.78 is 39.9. The van der Waals surface area contributed by atoms with E-state index in [-0.39, 0.29) is 5.75 Å². The first-order chi connectivity index (χ1) is 8.51. The van der Waals surface area contributed by atoms with E-state index >= 15 is 0 Å². The first-order valence-corrected chi connectivity index (χ1v) is 6.11. The van der Waals surface area contributed by atoms with Gasteiger partial charge in [-0.05, 0) is 18.6 Å². The summed E-state index contributed by atoms with van der Waals surface area (Å²) >= 11 is 0. The van der Waals surface area contributed by atoms with Gasteiger partial charge in [0.25, 0.3) is 0 Å².